The zero-order chi connectivity index (χ0) is 11.5. The predicted octanol–water partition coefficient (Wildman–Crippen LogP) is 2.65. The highest BCUT2D eigenvalue weighted by Crippen LogP contribution is 2.28. The first-order valence-electron chi connectivity index (χ1n) is 5.71. The third-order valence-corrected chi connectivity index (χ3v) is 2.87. The molecule has 0 radical (unpaired) electrons. The first-order valence-corrected chi connectivity index (χ1v) is 5.71. The van der Waals surface area contributed by atoms with Crippen LogP contribution in [0.4, 0.5) is 11.4 Å². The molecule has 1 aromatic carbocycles. The Morgan fingerprint density at radius 3 is 2.88 bits per heavy atom. The molecule has 0 amide bonds. The largest absolute Gasteiger partial charge is 0.338 e. The van der Waals surface area contributed by atoms with Crippen molar-refractivity contribution in [3.63, 3.8) is 0 Å². The maximum atomic E-state index is 4.40. The number of para-hydroxylation sites is 1. The van der Waals surface area contributed by atoms with E-state index in [4.69, 9.17) is 0 Å². The van der Waals surface area contributed by atoms with Crippen LogP contribution in [0.1, 0.15) is 5.56 Å². The number of nitrogens with zero attached hydrogens (tertiary/aromatic N) is 3. The number of hydrogen-bond acceptors (Lipinski definition) is 3. The van der Waals surface area contributed by atoms with Gasteiger partial charge in [0.25, 0.3) is 0 Å². The van der Waals surface area contributed by atoms with Crippen molar-refractivity contribution in [3.05, 3.63) is 54.4 Å². The van der Waals surface area contributed by atoms with E-state index in [1.54, 1.807) is 6.20 Å². The third kappa shape index (κ3) is 1.91. The van der Waals surface area contributed by atoms with Gasteiger partial charge in [0.1, 0.15) is 0 Å². The Labute approximate surface area is 100 Å². The van der Waals surface area contributed by atoms with Crippen LogP contribution in [0.3, 0.4) is 0 Å². The summed E-state index contributed by atoms with van der Waals surface area (Å²) in [6.07, 6.45) is 5.64. The van der Waals surface area contributed by atoms with E-state index in [-0.39, 0.29) is 0 Å². The average molecular weight is 223 g/mol. The van der Waals surface area contributed by atoms with Gasteiger partial charge in [-0.05, 0) is 18.2 Å². The zero-order valence-corrected chi connectivity index (χ0v) is 9.45. The molecule has 17 heavy (non-hydrogen) atoms. The van der Waals surface area contributed by atoms with Crippen molar-refractivity contribution < 1.29 is 0 Å². The second-order valence-electron chi connectivity index (χ2n) is 3.96. The molecule has 0 fully saturated rings. The predicted molar refractivity (Wildman–Crippen MR) is 70.1 cm³/mol. The second-order valence-corrected chi connectivity index (χ2v) is 3.96. The minimum atomic E-state index is 0.809. The molecule has 0 aliphatic carbocycles. The van der Waals surface area contributed by atoms with Crippen molar-refractivity contribution in [2.24, 2.45) is 4.99 Å². The number of benzene rings is 1. The molecule has 1 aromatic heterocycles. The Bertz CT molecular complexity index is 534. The Morgan fingerprint density at radius 1 is 1.06 bits per heavy atom. The second kappa shape index (κ2) is 4.37. The highest BCUT2D eigenvalue weighted by Gasteiger charge is 2.13. The highest BCUT2D eigenvalue weighted by molar-refractivity contribution is 5.90. The SMILES string of the molecule is C1=NCCN(c2cccnc2)c2ccccc21. The number of pyridine rings is 1. The number of rotatable bonds is 1. The molecule has 3 nitrogen and oxygen atoms in total. The first-order chi connectivity index (χ1) is 8.45. The van der Waals surface area contributed by atoms with Crippen LogP contribution >= 0.6 is 0 Å². The third-order valence-electron chi connectivity index (χ3n) is 2.87. The molecule has 0 unspecified atom stereocenters. The Balaban J connectivity index is 2.09. The van der Waals surface area contributed by atoms with E-state index < -0.39 is 0 Å². The Morgan fingerprint density at radius 2 is 2.00 bits per heavy atom. The van der Waals surface area contributed by atoms with E-state index in [1.807, 2.05) is 24.5 Å². The van der Waals surface area contributed by atoms with Gasteiger partial charge >= 0.3 is 0 Å². The molecule has 3 rings (SSSR count). The van der Waals surface area contributed by atoms with E-state index in [0.29, 0.717) is 0 Å². The monoisotopic (exact) mass is 223 g/mol. The van der Waals surface area contributed by atoms with Gasteiger partial charge in [0.2, 0.25) is 0 Å². The van der Waals surface area contributed by atoms with Crippen LogP contribution in [0.2, 0.25) is 0 Å². The fraction of sp³-hybridized carbons (Fsp3) is 0.143. The lowest BCUT2D eigenvalue weighted by atomic mass is 10.1. The Hall–Kier alpha value is -2.16. The lowest BCUT2D eigenvalue weighted by molar-refractivity contribution is 0.932. The maximum Gasteiger partial charge on any atom is 0.0598 e. The van der Waals surface area contributed by atoms with E-state index in [0.717, 1.165) is 24.3 Å². The van der Waals surface area contributed by atoms with E-state index in [9.17, 15) is 0 Å². The van der Waals surface area contributed by atoms with Crippen molar-refractivity contribution in [2.45, 2.75) is 0 Å². The minimum absolute atomic E-state index is 0.809. The smallest absolute Gasteiger partial charge is 0.0598 e. The summed E-state index contributed by atoms with van der Waals surface area (Å²) in [4.78, 5) is 10.8. The summed E-state index contributed by atoms with van der Waals surface area (Å²) in [7, 11) is 0. The summed E-state index contributed by atoms with van der Waals surface area (Å²) >= 11 is 0. The molecule has 0 saturated heterocycles. The van der Waals surface area contributed by atoms with Gasteiger partial charge in [0.15, 0.2) is 0 Å². The van der Waals surface area contributed by atoms with Crippen LogP contribution in [0.25, 0.3) is 0 Å². The van der Waals surface area contributed by atoms with Crippen LogP contribution in [0.5, 0.6) is 0 Å². The standard InChI is InChI=1S/C14H13N3/c1-2-6-14-12(4-1)10-16-8-9-17(14)13-5-3-7-15-11-13/h1-7,10-11H,8-9H2. The van der Waals surface area contributed by atoms with Crippen LogP contribution in [-0.4, -0.2) is 24.3 Å². The summed E-state index contributed by atoms with van der Waals surface area (Å²) in [5.74, 6) is 0. The molecule has 0 N–H and O–H groups in total. The van der Waals surface area contributed by atoms with Crippen LogP contribution in [0.15, 0.2) is 53.8 Å². The lowest BCUT2D eigenvalue weighted by Crippen LogP contribution is -2.20. The number of aliphatic imine (C=N–C) groups is 1. The summed E-state index contributed by atoms with van der Waals surface area (Å²) < 4.78 is 0. The number of fused-ring (bicyclic) bond motifs is 1. The van der Waals surface area contributed by atoms with E-state index in [1.165, 1.54) is 5.69 Å². The quantitative estimate of drug-likeness (QED) is 0.743. The molecule has 2 heterocycles. The molecule has 0 saturated carbocycles. The molecule has 0 bridgehead atoms. The van der Waals surface area contributed by atoms with E-state index >= 15 is 0 Å². The van der Waals surface area contributed by atoms with Crippen molar-refractivity contribution >= 4 is 17.6 Å². The minimum Gasteiger partial charge on any atom is -0.338 e. The number of anilines is 2. The topological polar surface area (TPSA) is 28.5 Å². The van der Waals surface area contributed by atoms with Gasteiger partial charge in [-0.2, -0.15) is 0 Å². The van der Waals surface area contributed by atoms with E-state index in [2.05, 4.69) is 39.1 Å². The summed E-state index contributed by atoms with van der Waals surface area (Å²) in [5, 5.41) is 0. The maximum absolute atomic E-state index is 4.40. The molecule has 2 aromatic rings. The van der Waals surface area contributed by atoms with Crippen LogP contribution < -0.4 is 4.90 Å². The molecule has 1 aliphatic rings. The fourth-order valence-corrected chi connectivity index (χ4v) is 2.07. The van der Waals surface area contributed by atoms with Gasteiger partial charge < -0.3 is 4.90 Å². The summed E-state index contributed by atoms with van der Waals surface area (Å²) in [5.41, 5.74) is 3.47. The van der Waals surface area contributed by atoms with Gasteiger partial charge in [-0.1, -0.05) is 18.2 Å². The zero-order valence-electron chi connectivity index (χ0n) is 9.45. The van der Waals surface area contributed by atoms with Crippen LogP contribution in [-0.2, 0) is 0 Å². The Kier molecular flexibility index (Phi) is 2.58. The van der Waals surface area contributed by atoms with Crippen LogP contribution in [0, 0.1) is 0 Å². The number of aromatic nitrogens is 1. The normalized spacial score (nSPS) is 14.2. The molecular weight excluding hydrogens is 210 g/mol. The molecule has 84 valence electrons. The van der Waals surface area contributed by atoms with Crippen molar-refractivity contribution in [1.82, 2.24) is 4.98 Å². The van der Waals surface area contributed by atoms with Gasteiger partial charge in [-0.15, -0.1) is 0 Å². The molecule has 0 spiro atoms. The average Bonchev–Trinajstić information content (AvgIpc) is 2.62. The lowest BCUT2D eigenvalue weighted by Gasteiger charge is -2.23. The number of hydrogen-bond donors (Lipinski definition) is 0. The van der Waals surface area contributed by atoms with Crippen molar-refractivity contribution in [1.29, 1.82) is 0 Å². The molecule has 0 atom stereocenters. The van der Waals surface area contributed by atoms with Crippen molar-refractivity contribution in [2.75, 3.05) is 18.0 Å². The highest BCUT2D eigenvalue weighted by atomic mass is 15.2. The van der Waals surface area contributed by atoms with Crippen molar-refractivity contribution in [3.8, 4) is 0 Å². The molecule has 3 heteroatoms. The van der Waals surface area contributed by atoms with Gasteiger partial charge in [-0.3, -0.25) is 9.98 Å². The first kappa shape index (κ1) is 10.0. The number of benzodiazepines with no additional fused rings is 1. The fourth-order valence-electron chi connectivity index (χ4n) is 2.07. The van der Waals surface area contributed by atoms with Gasteiger partial charge in [0, 0.05) is 24.5 Å². The summed E-state index contributed by atoms with van der Waals surface area (Å²) in [6, 6.07) is 12.4. The molecular formula is C14H13N3. The molecule has 1 aliphatic heterocycles. The summed E-state index contributed by atoms with van der Waals surface area (Å²) in [6.45, 7) is 1.70. The van der Waals surface area contributed by atoms with Gasteiger partial charge in [0.05, 0.1) is 24.1 Å². The van der Waals surface area contributed by atoms with Gasteiger partial charge in [-0.25, -0.2) is 0 Å².